The van der Waals surface area contributed by atoms with Crippen molar-refractivity contribution in [3.05, 3.63) is 46.7 Å². The topological polar surface area (TPSA) is 82.2 Å². The van der Waals surface area contributed by atoms with Crippen LogP contribution >= 0.6 is 0 Å². The summed E-state index contributed by atoms with van der Waals surface area (Å²) in [6.07, 6.45) is 2.01. The van der Waals surface area contributed by atoms with Gasteiger partial charge < -0.3 is 15.0 Å². The molecule has 2 aliphatic heterocycles. The van der Waals surface area contributed by atoms with Crippen molar-refractivity contribution in [2.75, 3.05) is 45.9 Å². The fourth-order valence-electron chi connectivity index (χ4n) is 5.01. The highest BCUT2D eigenvalue weighted by atomic mass is 16.5. The van der Waals surface area contributed by atoms with Gasteiger partial charge in [-0.2, -0.15) is 0 Å². The van der Waals surface area contributed by atoms with Crippen LogP contribution in [0.2, 0.25) is 0 Å². The van der Waals surface area contributed by atoms with Crippen molar-refractivity contribution < 1.29 is 19.1 Å². The molecule has 0 radical (unpaired) electrons. The lowest BCUT2D eigenvalue weighted by atomic mass is 9.85. The number of benzene rings is 1. The molecule has 1 atom stereocenters. The summed E-state index contributed by atoms with van der Waals surface area (Å²) in [6, 6.07) is 7.31. The third-order valence-electron chi connectivity index (χ3n) is 7.34. The number of likely N-dealkylation sites (N-methyl/N-ethyl adjacent to an activating group) is 1. The normalized spacial score (nSPS) is 21.5. The third kappa shape index (κ3) is 5.59. The molecular weight excluding hydrogens is 456 g/mol. The SMILES string of the molecule is CCOC(=O)C1=C(CN2CCN(C(=O)C3CC3)CC2)N(CC)C(=O)NC1c1ccc(C(C)(C)C)cc1. The van der Waals surface area contributed by atoms with Crippen LogP contribution < -0.4 is 5.32 Å². The van der Waals surface area contributed by atoms with Crippen LogP contribution in [0, 0.1) is 5.92 Å². The second kappa shape index (κ2) is 10.6. The number of hydrogen-bond donors (Lipinski definition) is 1. The van der Waals surface area contributed by atoms with Gasteiger partial charge in [-0.1, -0.05) is 45.0 Å². The molecule has 1 saturated carbocycles. The van der Waals surface area contributed by atoms with Crippen molar-refractivity contribution >= 4 is 17.9 Å². The van der Waals surface area contributed by atoms with Crippen molar-refractivity contribution in [1.82, 2.24) is 20.0 Å². The minimum Gasteiger partial charge on any atom is -0.463 e. The first-order chi connectivity index (χ1) is 17.1. The number of esters is 1. The molecule has 8 nitrogen and oxygen atoms in total. The first-order valence-electron chi connectivity index (χ1n) is 13.2. The Morgan fingerprint density at radius 3 is 2.19 bits per heavy atom. The molecule has 1 aliphatic carbocycles. The van der Waals surface area contributed by atoms with Gasteiger partial charge in [0.15, 0.2) is 0 Å². The van der Waals surface area contributed by atoms with Crippen molar-refractivity contribution in [2.45, 2.75) is 58.9 Å². The van der Waals surface area contributed by atoms with Gasteiger partial charge in [-0.3, -0.25) is 14.6 Å². The van der Waals surface area contributed by atoms with E-state index in [4.69, 9.17) is 4.74 Å². The summed E-state index contributed by atoms with van der Waals surface area (Å²) in [6.45, 7) is 14.1. The molecule has 1 saturated heterocycles. The third-order valence-corrected chi connectivity index (χ3v) is 7.34. The highest BCUT2D eigenvalue weighted by Gasteiger charge is 2.39. The Morgan fingerprint density at radius 1 is 1.03 bits per heavy atom. The summed E-state index contributed by atoms with van der Waals surface area (Å²) in [5.74, 6) is 0.0863. The maximum Gasteiger partial charge on any atom is 0.338 e. The predicted molar refractivity (Wildman–Crippen MR) is 138 cm³/mol. The Bertz CT molecular complexity index is 1010. The molecule has 1 aromatic carbocycles. The predicted octanol–water partition coefficient (Wildman–Crippen LogP) is 3.44. The molecule has 2 fully saturated rings. The van der Waals surface area contributed by atoms with Gasteiger partial charge in [0, 0.05) is 50.9 Å². The molecule has 0 spiro atoms. The Balaban J connectivity index is 1.64. The van der Waals surface area contributed by atoms with Crippen LogP contribution in [0.5, 0.6) is 0 Å². The summed E-state index contributed by atoms with van der Waals surface area (Å²) in [4.78, 5) is 44.8. The Hall–Kier alpha value is -2.87. The van der Waals surface area contributed by atoms with E-state index in [0.717, 1.165) is 18.4 Å². The highest BCUT2D eigenvalue weighted by molar-refractivity contribution is 5.95. The molecule has 3 amide bonds. The van der Waals surface area contributed by atoms with Gasteiger partial charge in [0.2, 0.25) is 5.91 Å². The van der Waals surface area contributed by atoms with E-state index in [1.54, 1.807) is 11.8 Å². The van der Waals surface area contributed by atoms with Gasteiger partial charge in [-0.25, -0.2) is 9.59 Å². The lowest BCUT2D eigenvalue weighted by molar-refractivity contribution is -0.139. The summed E-state index contributed by atoms with van der Waals surface area (Å²) in [5.41, 5.74) is 3.21. The van der Waals surface area contributed by atoms with Crippen molar-refractivity contribution in [2.24, 2.45) is 5.92 Å². The van der Waals surface area contributed by atoms with E-state index in [1.807, 2.05) is 24.0 Å². The number of nitrogens with one attached hydrogen (secondary N) is 1. The number of hydrogen-bond acceptors (Lipinski definition) is 5. The summed E-state index contributed by atoms with van der Waals surface area (Å²) < 4.78 is 5.49. The molecule has 4 rings (SSSR count). The van der Waals surface area contributed by atoms with Gasteiger partial charge in [-0.15, -0.1) is 0 Å². The lowest BCUT2D eigenvalue weighted by Gasteiger charge is -2.40. The second-order valence-electron chi connectivity index (χ2n) is 11.0. The molecule has 1 N–H and O–H groups in total. The number of nitrogens with zero attached hydrogens (tertiary/aromatic N) is 3. The van der Waals surface area contributed by atoms with Crippen LogP contribution in [0.25, 0.3) is 0 Å². The van der Waals surface area contributed by atoms with Crippen molar-refractivity contribution in [3.8, 4) is 0 Å². The number of piperazine rings is 1. The number of amides is 3. The molecule has 0 aromatic heterocycles. The molecule has 2 heterocycles. The molecule has 3 aliphatic rings. The highest BCUT2D eigenvalue weighted by Crippen LogP contribution is 2.34. The second-order valence-corrected chi connectivity index (χ2v) is 11.0. The van der Waals surface area contributed by atoms with Crippen LogP contribution in [-0.2, 0) is 19.7 Å². The molecular formula is C28H40N4O4. The van der Waals surface area contributed by atoms with Crippen LogP contribution in [0.15, 0.2) is 35.5 Å². The van der Waals surface area contributed by atoms with E-state index in [1.165, 1.54) is 5.56 Å². The number of urea groups is 1. The zero-order valence-electron chi connectivity index (χ0n) is 22.3. The average molecular weight is 497 g/mol. The van der Waals surface area contributed by atoms with E-state index >= 15 is 0 Å². The molecule has 1 unspecified atom stereocenters. The van der Waals surface area contributed by atoms with E-state index in [9.17, 15) is 14.4 Å². The Kier molecular flexibility index (Phi) is 7.73. The molecule has 196 valence electrons. The lowest BCUT2D eigenvalue weighted by Crippen LogP contribution is -2.54. The monoisotopic (exact) mass is 496 g/mol. The minimum atomic E-state index is -0.582. The Labute approximate surface area is 214 Å². The van der Waals surface area contributed by atoms with E-state index in [-0.39, 0.29) is 29.9 Å². The van der Waals surface area contributed by atoms with Gasteiger partial charge >= 0.3 is 12.0 Å². The van der Waals surface area contributed by atoms with E-state index in [2.05, 4.69) is 43.1 Å². The van der Waals surface area contributed by atoms with Gasteiger partial charge in [-0.05, 0) is 43.2 Å². The fraction of sp³-hybridized carbons (Fsp3) is 0.607. The largest absolute Gasteiger partial charge is 0.463 e. The zero-order valence-corrected chi connectivity index (χ0v) is 22.3. The maximum absolute atomic E-state index is 13.3. The summed E-state index contributed by atoms with van der Waals surface area (Å²) in [5, 5.41) is 3.05. The molecule has 8 heteroatoms. The van der Waals surface area contributed by atoms with Gasteiger partial charge in [0.1, 0.15) is 0 Å². The molecule has 1 aromatic rings. The van der Waals surface area contributed by atoms with Crippen molar-refractivity contribution in [3.63, 3.8) is 0 Å². The van der Waals surface area contributed by atoms with E-state index < -0.39 is 12.0 Å². The zero-order chi connectivity index (χ0) is 26.0. The van der Waals surface area contributed by atoms with Crippen LogP contribution in [0.3, 0.4) is 0 Å². The average Bonchev–Trinajstić information content (AvgIpc) is 3.69. The van der Waals surface area contributed by atoms with Gasteiger partial charge in [0.25, 0.3) is 0 Å². The number of carbonyl (C=O) groups excluding carboxylic acids is 3. The maximum atomic E-state index is 13.3. The smallest absolute Gasteiger partial charge is 0.338 e. The van der Waals surface area contributed by atoms with Crippen LogP contribution in [0.4, 0.5) is 4.79 Å². The Morgan fingerprint density at radius 2 is 1.67 bits per heavy atom. The van der Waals surface area contributed by atoms with Crippen LogP contribution in [-0.4, -0.2) is 78.5 Å². The fourth-order valence-corrected chi connectivity index (χ4v) is 5.01. The standard InChI is InChI=1S/C28H40N4O4/c1-6-32-22(18-30-14-16-31(17-15-30)25(33)20-8-9-20)23(26(34)36-7-2)24(29-27(32)35)19-10-12-21(13-11-19)28(3,4)5/h10-13,20,24H,6-9,14-18H2,1-5H3,(H,29,35). The summed E-state index contributed by atoms with van der Waals surface area (Å²) in [7, 11) is 0. The molecule has 36 heavy (non-hydrogen) atoms. The number of carbonyl (C=O) groups is 3. The van der Waals surface area contributed by atoms with E-state index in [0.29, 0.717) is 50.5 Å². The van der Waals surface area contributed by atoms with Crippen molar-refractivity contribution in [1.29, 1.82) is 0 Å². The number of rotatable bonds is 7. The first-order valence-corrected chi connectivity index (χ1v) is 13.2. The number of ether oxygens (including phenoxy) is 1. The molecule has 0 bridgehead atoms. The quantitative estimate of drug-likeness (QED) is 0.585. The minimum absolute atomic E-state index is 0.00135. The van der Waals surface area contributed by atoms with Crippen LogP contribution in [0.1, 0.15) is 64.6 Å². The summed E-state index contributed by atoms with van der Waals surface area (Å²) >= 11 is 0. The van der Waals surface area contributed by atoms with Gasteiger partial charge in [0.05, 0.1) is 18.2 Å². The first kappa shape index (κ1) is 26.2.